The predicted octanol–water partition coefficient (Wildman–Crippen LogP) is 0.181. The van der Waals surface area contributed by atoms with Crippen molar-refractivity contribution in [2.45, 2.75) is 37.5 Å². The summed E-state index contributed by atoms with van der Waals surface area (Å²) < 4.78 is 27.2. The van der Waals surface area contributed by atoms with Gasteiger partial charge in [-0.3, -0.25) is 9.59 Å². The van der Waals surface area contributed by atoms with Crippen molar-refractivity contribution in [1.29, 1.82) is 0 Å². The summed E-state index contributed by atoms with van der Waals surface area (Å²) in [7, 11) is -3.57. The van der Waals surface area contributed by atoms with E-state index in [1.54, 1.807) is 12.1 Å². The second-order valence-electron chi connectivity index (χ2n) is 7.71. The fraction of sp³-hybridized carbons (Fsp3) is 0.600. The van der Waals surface area contributed by atoms with E-state index in [1.807, 2.05) is 4.90 Å². The van der Waals surface area contributed by atoms with Gasteiger partial charge in [0.2, 0.25) is 10.0 Å². The van der Waals surface area contributed by atoms with Crippen LogP contribution in [0.3, 0.4) is 0 Å². The Morgan fingerprint density at radius 1 is 0.929 bits per heavy atom. The van der Waals surface area contributed by atoms with Crippen molar-refractivity contribution in [3.8, 4) is 0 Å². The number of hydrogen-bond acceptors (Lipinski definition) is 4. The Kier molecular flexibility index (Phi) is 6.85. The van der Waals surface area contributed by atoms with Crippen LogP contribution in [0.2, 0.25) is 0 Å². The molecule has 0 radical (unpaired) electrons. The molecule has 0 saturated carbocycles. The van der Waals surface area contributed by atoms with Crippen molar-refractivity contribution in [2.75, 3.05) is 45.8 Å². The second kappa shape index (κ2) is 9.15. The average molecular weight is 409 g/mol. The zero-order valence-corrected chi connectivity index (χ0v) is 17.3. The Balaban J connectivity index is 1.55. The maximum atomic E-state index is 12.8. The third-order valence-electron chi connectivity index (χ3n) is 5.69. The molecule has 1 aromatic rings. The molecule has 154 valence electrons. The van der Waals surface area contributed by atoms with Crippen molar-refractivity contribution in [2.24, 2.45) is 0 Å². The van der Waals surface area contributed by atoms with Crippen LogP contribution in [0, 0.1) is 0 Å². The first kappa shape index (κ1) is 21.0. The monoisotopic (exact) mass is 408 g/mol. The number of carbonyl (C=O) groups is 2. The molecular formula is C20H30N3O4S+. The van der Waals surface area contributed by atoms with Gasteiger partial charge in [0.05, 0.1) is 31.1 Å². The molecule has 7 nitrogen and oxygen atoms in total. The molecule has 2 fully saturated rings. The number of carbonyl (C=O) groups excluding carboxylic acids is 2. The van der Waals surface area contributed by atoms with Crippen LogP contribution in [0.15, 0.2) is 29.2 Å². The van der Waals surface area contributed by atoms with Gasteiger partial charge in [-0.15, -0.1) is 0 Å². The number of hydrogen-bond donors (Lipinski definition) is 1. The van der Waals surface area contributed by atoms with Gasteiger partial charge in [-0.05, 0) is 31.9 Å². The molecule has 28 heavy (non-hydrogen) atoms. The van der Waals surface area contributed by atoms with Gasteiger partial charge >= 0.3 is 0 Å². The first-order valence-corrected chi connectivity index (χ1v) is 11.5. The highest BCUT2D eigenvalue weighted by Crippen LogP contribution is 2.17. The van der Waals surface area contributed by atoms with Crippen LogP contribution in [-0.2, 0) is 14.8 Å². The largest absolute Gasteiger partial charge is 0.338 e. The van der Waals surface area contributed by atoms with E-state index < -0.39 is 10.0 Å². The van der Waals surface area contributed by atoms with Crippen LogP contribution in [-0.4, -0.2) is 75.1 Å². The van der Waals surface area contributed by atoms with E-state index >= 15 is 0 Å². The lowest BCUT2D eigenvalue weighted by Crippen LogP contribution is -3.15. The lowest BCUT2D eigenvalue weighted by Gasteiger charge is -2.32. The summed E-state index contributed by atoms with van der Waals surface area (Å²) >= 11 is 0. The number of nitrogens with zero attached hydrogens (tertiary/aromatic N) is 2. The lowest BCUT2D eigenvalue weighted by atomic mass is 10.2. The van der Waals surface area contributed by atoms with Crippen LogP contribution >= 0.6 is 0 Å². The molecule has 0 bridgehead atoms. The van der Waals surface area contributed by atoms with Gasteiger partial charge in [-0.1, -0.05) is 25.0 Å². The molecule has 8 heteroatoms. The number of benzene rings is 1. The minimum atomic E-state index is -3.57. The molecule has 0 aliphatic carbocycles. The first-order valence-electron chi connectivity index (χ1n) is 10.1. The van der Waals surface area contributed by atoms with E-state index in [9.17, 15) is 18.0 Å². The molecular weight excluding hydrogens is 378 g/mol. The highest BCUT2D eigenvalue weighted by molar-refractivity contribution is 7.89. The summed E-state index contributed by atoms with van der Waals surface area (Å²) in [5.41, 5.74) is 0.500. The van der Waals surface area contributed by atoms with Gasteiger partial charge in [-0.25, -0.2) is 8.42 Å². The van der Waals surface area contributed by atoms with Gasteiger partial charge in [0.1, 0.15) is 0 Å². The minimum Gasteiger partial charge on any atom is -0.338 e. The van der Waals surface area contributed by atoms with E-state index in [4.69, 9.17) is 0 Å². The molecule has 0 unspecified atom stereocenters. The maximum absolute atomic E-state index is 12.8. The number of rotatable bonds is 5. The number of sulfonamides is 1. The standard InChI is InChI=1S/C20H29N3O4S/c1-17(24)18-6-8-19(9-7-18)28(26,27)23-14-12-21(13-15-23)16-20(25)22-10-4-2-3-5-11-22/h6-9H,2-5,10-16H2,1H3/p+1. The van der Waals surface area contributed by atoms with Crippen LogP contribution in [0.25, 0.3) is 0 Å². The summed E-state index contributed by atoms with van der Waals surface area (Å²) in [5, 5.41) is 0. The van der Waals surface area contributed by atoms with E-state index in [0.717, 1.165) is 30.8 Å². The van der Waals surface area contributed by atoms with Crippen LogP contribution in [0.1, 0.15) is 43.0 Å². The molecule has 0 spiro atoms. The van der Waals surface area contributed by atoms with Crippen molar-refractivity contribution in [3.63, 3.8) is 0 Å². The summed E-state index contributed by atoms with van der Waals surface area (Å²) in [5.74, 6) is 0.100. The molecule has 0 aromatic heterocycles. The van der Waals surface area contributed by atoms with E-state index in [1.165, 1.54) is 36.2 Å². The van der Waals surface area contributed by atoms with Crippen LogP contribution in [0.4, 0.5) is 0 Å². The molecule has 3 rings (SSSR count). The summed E-state index contributed by atoms with van der Waals surface area (Å²) in [6, 6.07) is 6.09. The van der Waals surface area contributed by atoms with Crippen molar-refractivity contribution in [3.05, 3.63) is 29.8 Å². The van der Waals surface area contributed by atoms with Crippen LogP contribution < -0.4 is 4.90 Å². The zero-order chi connectivity index (χ0) is 20.1. The summed E-state index contributed by atoms with van der Waals surface area (Å²) in [6.45, 7) is 5.67. The Labute approximate surface area is 167 Å². The topological polar surface area (TPSA) is 79.2 Å². The zero-order valence-electron chi connectivity index (χ0n) is 16.5. The van der Waals surface area contributed by atoms with Gasteiger partial charge in [0, 0.05) is 18.7 Å². The number of Topliss-reactive ketones (excluding diaryl/α,β-unsaturated/α-hetero) is 1. The molecule has 2 aliphatic heterocycles. The van der Waals surface area contributed by atoms with Crippen LogP contribution in [0.5, 0.6) is 0 Å². The number of nitrogens with one attached hydrogen (secondary N) is 1. The quantitative estimate of drug-likeness (QED) is 0.705. The number of amides is 1. The van der Waals surface area contributed by atoms with Crippen molar-refractivity contribution in [1.82, 2.24) is 9.21 Å². The average Bonchev–Trinajstić information content (AvgIpc) is 2.98. The Hall–Kier alpha value is -1.77. The Bertz CT molecular complexity index is 791. The minimum absolute atomic E-state index is 0.0877. The van der Waals surface area contributed by atoms with Gasteiger partial charge in [-0.2, -0.15) is 4.31 Å². The molecule has 1 N–H and O–H groups in total. The first-order chi connectivity index (χ1) is 13.4. The lowest BCUT2D eigenvalue weighted by molar-refractivity contribution is -0.896. The normalized spacial score (nSPS) is 20.0. The Morgan fingerprint density at radius 2 is 1.50 bits per heavy atom. The smallest absolute Gasteiger partial charge is 0.277 e. The number of piperazine rings is 1. The van der Waals surface area contributed by atoms with Gasteiger partial charge in [0.25, 0.3) is 5.91 Å². The summed E-state index contributed by atoms with van der Waals surface area (Å²) in [6.07, 6.45) is 4.55. The highest BCUT2D eigenvalue weighted by atomic mass is 32.2. The predicted molar refractivity (Wildman–Crippen MR) is 106 cm³/mol. The van der Waals surface area contributed by atoms with Crippen molar-refractivity contribution >= 4 is 21.7 Å². The fourth-order valence-corrected chi connectivity index (χ4v) is 5.32. The van der Waals surface area contributed by atoms with Gasteiger partial charge < -0.3 is 9.80 Å². The number of quaternary nitrogens is 1. The Morgan fingerprint density at radius 3 is 2.04 bits per heavy atom. The van der Waals surface area contributed by atoms with E-state index in [0.29, 0.717) is 38.3 Å². The van der Waals surface area contributed by atoms with E-state index in [-0.39, 0.29) is 16.6 Å². The molecule has 2 aliphatic rings. The fourth-order valence-electron chi connectivity index (χ4n) is 3.88. The molecule has 2 saturated heterocycles. The highest BCUT2D eigenvalue weighted by Gasteiger charge is 2.32. The van der Waals surface area contributed by atoms with Crippen molar-refractivity contribution < 1.29 is 22.9 Å². The molecule has 2 heterocycles. The third kappa shape index (κ3) is 4.98. The number of likely N-dealkylation sites (tertiary alicyclic amines) is 1. The van der Waals surface area contributed by atoms with E-state index in [2.05, 4.69) is 0 Å². The molecule has 1 amide bonds. The SMILES string of the molecule is CC(=O)c1ccc(S(=O)(=O)N2CC[NH+](CC(=O)N3CCCCCC3)CC2)cc1. The molecule has 1 aromatic carbocycles. The maximum Gasteiger partial charge on any atom is 0.277 e. The number of ketones is 1. The summed E-state index contributed by atoms with van der Waals surface area (Å²) in [4.78, 5) is 27.3. The molecule has 0 atom stereocenters. The van der Waals surface area contributed by atoms with Gasteiger partial charge in [0.15, 0.2) is 12.3 Å². The third-order valence-corrected chi connectivity index (χ3v) is 7.60. The second-order valence-corrected chi connectivity index (χ2v) is 9.64.